The van der Waals surface area contributed by atoms with Crippen molar-refractivity contribution in [3.8, 4) is 5.75 Å². The lowest BCUT2D eigenvalue weighted by Gasteiger charge is -2.19. The van der Waals surface area contributed by atoms with Crippen LogP contribution in [0.2, 0.25) is 0 Å². The van der Waals surface area contributed by atoms with Gasteiger partial charge >= 0.3 is 0 Å². The Morgan fingerprint density at radius 2 is 2.00 bits per heavy atom. The lowest BCUT2D eigenvalue weighted by Crippen LogP contribution is -2.35. The lowest BCUT2D eigenvalue weighted by atomic mass is 9.98. The molecule has 0 N–H and O–H groups in total. The molecule has 0 radical (unpaired) electrons. The number of carbonyl (C=O) groups excluding carboxylic acids is 1. The standard InChI is InChI=1S/C16H24ClNO2/c1-11(2)15-7-6-14(10-12(15)3)20-9-8-18(5)16(19)13(4)17/h6-7,10-11,13H,8-9H2,1-5H3. The minimum atomic E-state index is -0.493. The number of benzene rings is 1. The molecule has 0 aliphatic rings. The number of hydrogen-bond donors (Lipinski definition) is 0. The molecule has 1 aromatic rings. The van der Waals surface area contributed by atoms with Crippen molar-refractivity contribution in [2.24, 2.45) is 0 Å². The first-order valence-corrected chi connectivity index (χ1v) is 7.39. The predicted octanol–water partition coefficient (Wildman–Crippen LogP) is 3.58. The highest BCUT2D eigenvalue weighted by atomic mass is 35.5. The molecule has 4 heteroatoms. The van der Waals surface area contributed by atoms with E-state index in [0.717, 1.165) is 5.75 Å². The highest BCUT2D eigenvalue weighted by molar-refractivity contribution is 6.30. The maximum atomic E-state index is 11.6. The van der Waals surface area contributed by atoms with Crippen LogP contribution in [0.5, 0.6) is 5.75 Å². The summed E-state index contributed by atoms with van der Waals surface area (Å²) in [6, 6.07) is 6.13. The summed E-state index contributed by atoms with van der Waals surface area (Å²) in [7, 11) is 1.73. The van der Waals surface area contributed by atoms with Gasteiger partial charge in [-0.05, 0) is 43.0 Å². The van der Waals surface area contributed by atoms with E-state index in [0.29, 0.717) is 19.1 Å². The fourth-order valence-electron chi connectivity index (χ4n) is 2.10. The monoisotopic (exact) mass is 297 g/mol. The summed E-state index contributed by atoms with van der Waals surface area (Å²) in [6.07, 6.45) is 0. The quantitative estimate of drug-likeness (QED) is 0.751. The van der Waals surface area contributed by atoms with Crippen LogP contribution < -0.4 is 4.74 Å². The smallest absolute Gasteiger partial charge is 0.240 e. The first-order valence-electron chi connectivity index (χ1n) is 6.95. The lowest BCUT2D eigenvalue weighted by molar-refractivity contribution is -0.129. The summed E-state index contributed by atoms with van der Waals surface area (Å²) in [6.45, 7) is 9.11. The van der Waals surface area contributed by atoms with Crippen molar-refractivity contribution in [1.82, 2.24) is 4.90 Å². The second kappa shape index (κ2) is 7.53. The van der Waals surface area contributed by atoms with Crippen LogP contribution in [-0.2, 0) is 4.79 Å². The molecule has 0 saturated carbocycles. The van der Waals surface area contributed by atoms with Crippen molar-refractivity contribution in [2.75, 3.05) is 20.2 Å². The van der Waals surface area contributed by atoms with Gasteiger partial charge in [-0.1, -0.05) is 19.9 Å². The van der Waals surface area contributed by atoms with Gasteiger partial charge < -0.3 is 9.64 Å². The molecular formula is C16H24ClNO2. The van der Waals surface area contributed by atoms with E-state index in [1.807, 2.05) is 12.1 Å². The number of alkyl halides is 1. The first kappa shape index (κ1) is 16.8. The Labute approximate surface area is 126 Å². The zero-order valence-corrected chi connectivity index (χ0v) is 13.7. The van der Waals surface area contributed by atoms with Gasteiger partial charge in [0.25, 0.3) is 0 Å². The molecule has 0 aliphatic heterocycles. The average molecular weight is 298 g/mol. The molecule has 0 aliphatic carbocycles. The fraction of sp³-hybridized carbons (Fsp3) is 0.562. The average Bonchev–Trinajstić information content (AvgIpc) is 2.37. The minimum Gasteiger partial charge on any atom is -0.492 e. The van der Waals surface area contributed by atoms with Gasteiger partial charge in [0.05, 0.1) is 6.54 Å². The number of hydrogen-bond acceptors (Lipinski definition) is 2. The number of aryl methyl sites for hydroxylation is 1. The third-order valence-corrected chi connectivity index (χ3v) is 3.46. The van der Waals surface area contributed by atoms with Gasteiger partial charge in [-0.15, -0.1) is 11.6 Å². The molecule has 20 heavy (non-hydrogen) atoms. The van der Waals surface area contributed by atoms with E-state index in [1.165, 1.54) is 11.1 Å². The van der Waals surface area contributed by atoms with Crippen LogP contribution in [0.15, 0.2) is 18.2 Å². The van der Waals surface area contributed by atoms with Gasteiger partial charge in [0.2, 0.25) is 5.91 Å². The van der Waals surface area contributed by atoms with E-state index in [1.54, 1.807) is 18.9 Å². The van der Waals surface area contributed by atoms with E-state index < -0.39 is 5.38 Å². The topological polar surface area (TPSA) is 29.5 Å². The highest BCUT2D eigenvalue weighted by Crippen LogP contribution is 2.23. The normalized spacial score (nSPS) is 12.3. The van der Waals surface area contributed by atoms with Crippen molar-refractivity contribution in [3.63, 3.8) is 0 Å². The molecule has 1 rings (SSSR count). The zero-order valence-electron chi connectivity index (χ0n) is 12.9. The van der Waals surface area contributed by atoms with Gasteiger partial charge in [0.1, 0.15) is 17.7 Å². The summed E-state index contributed by atoms with van der Waals surface area (Å²) >= 11 is 5.75. The molecule has 0 spiro atoms. The van der Waals surface area contributed by atoms with E-state index in [2.05, 4.69) is 26.8 Å². The second-order valence-electron chi connectivity index (χ2n) is 5.40. The highest BCUT2D eigenvalue weighted by Gasteiger charge is 2.14. The van der Waals surface area contributed by atoms with Crippen molar-refractivity contribution in [1.29, 1.82) is 0 Å². The van der Waals surface area contributed by atoms with Crippen molar-refractivity contribution >= 4 is 17.5 Å². The van der Waals surface area contributed by atoms with Crippen LogP contribution in [0, 0.1) is 6.92 Å². The van der Waals surface area contributed by atoms with Crippen LogP contribution in [0.3, 0.4) is 0 Å². The van der Waals surface area contributed by atoms with Crippen LogP contribution in [-0.4, -0.2) is 36.4 Å². The molecule has 1 aromatic carbocycles. The van der Waals surface area contributed by atoms with Gasteiger partial charge in [-0.2, -0.15) is 0 Å². The number of rotatable bonds is 6. The summed E-state index contributed by atoms with van der Waals surface area (Å²) in [4.78, 5) is 13.2. The summed E-state index contributed by atoms with van der Waals surface area (Å²) < 4.78 is 5.69. The molecule has 112 valence electrons. The SMILES string of the molecule is Cc1cc(OCCN(C)C(=O)C(C)Cl)ccc1C(C)C. The van der Waals surface area contributed by atoms with E-state index >= 15 is 0 Å². The van der Waals surface area contributed by atoms with Crippen LogP contribution in [0.1, 0.15) is 37.8 Å². The predicted molar refractivity (Wildman–Crippen MR) is 83.7 cm³/mol. The van der Waals surface area contributed by atoms with Gasteiger partial charge in [-0.3, -0.25) is 4.79 Å². The Hall–Kier alpha value is -1.22. The Bertz CT molecular complexity index is 458. The molecule has 1 amide bonds. The molecule has 3 nitrogen and oxygen atoms in total. The molecule has 1 unspecified atom stereocenters. The third-order valence-electron chi connectivity index (χ3n) is 3.28. The first-order chi connectivity index (χ1) is 9.32. The number of halogens is 1. The molecule has 0 bridgehead atoms. The zero-order chi connectivity index (χ0) is 15.3. The summed E-state index contributed by atoms with van der Waals surface area (Å²) in [5, 5.41) is -0.493. The summed E-state index contributed by atoms with van der Waals surface area (Å²) in [5.74, 6) is 1.27. The number of likely N-dealkylation sites (N-methyl/N-ethyl adjacent to an activating group) is 1. The molecule has 0 saturated heterocycles. The minimum absolute atomic E-state index is 0.0818. The maximum Gasteiger partial charge on any atom is 0.240 e. The third kappa shape index (κ3) is 4.71. The van der Waals surface area contributed by atoms with Crippen LogP contribution in [0.4, 0.5) is 0 Å². The van der Waals surface area contributed by atoms with Gasteiger partial charge in [0.15, 0.2) is 0 Å². The van der Waals surface area contributed by atoms with Gasteiger partial charge in [0, 0.05) is 7.05 Å². The summed E-state index contributed by atoms with van der Waals surface area (Å²) in [5.41, 5.74) is 2.57. The maximum absolute atomic E-state index is 11.6. The van der Waals surface area contributed by atoms with Gasteiger partial charge in [-0.25, -0.2) is 0 Å². The van der Waals surface area contributed by atoms with Crippen molar-refractivity contribution < 1.29 is 9.53 Å². The second-order valence-corrected chi connectivity index (χ2v) is 6.05. The fourth-order valence-corrected chi connectivity index (χ4v) is 2.27. The Kier molecular flexibility index (Phi) is 6.34. The molecule has 0 aromatic heterocycles. The van der Waals surface area contributed by atoms with Crippen LogP contribution >= 0.6 is 11.6 Å². The Morgan fingerprint density at radius 3 is 2.50 bits per heavy atom. The molecule has 0 fully saturated rings. The van der Waals surface area contributed by atoms with E-state index in [-0.39, 0.29) is 5.91 Å². The number of carbonyl (C=O) groups is 1. The Morgan fingerprint density at radius 1 is 1.35 bits per heavy atom. The number of amides is 1. The number of nitrogens with zero attached hydrogens (tertiary/aromatic N) is 1. The Balaban J connectivity index is 2.51. The molecule has 1 atom stereocenters. The molecule has 0 heterocycles. The van der Waals surface area contributed by atoms with E-state index in [4.69, 9.17) is 16.3 Å². The largest absolute Gasteiger partial charge is 0.492 e. The van der Waals surface area contributed by atoms with Crippen LogP contribution in [0.25, 0.3) is 0 Å². The van der Waals surface area contributed by atoms with Crippen molar-refractivity contribution in [3.05, 3.63) is 29.3 Å². The molecular weight excluding hydrogens is 274 g/mol. The van der Waals surface area contributed by atoms with E-state index in [9.17, 15) is 4.79 Å². The number of ether oxygens (including phenoxy) is 1. The van der Waals surface area contributed by atoms with Crippen molar-refractivity contribution in [2.45, 2.75) is 39.0 Å².